The SMILES string of the molecule is CCOC(=O)c1sc(NC(=O)CSCC(=O)N=c2sc3cc(F)ccc3n2CC)c(C(=O)OCC)c1C. The predicted octanol–water partition coefficient (Wildman–Crippen LogP) is 4.38. The predicted molar refractivity (Wildman–Crippen MR) is 143 cm³/mol. The highest BCUT2D eigenvalue weighted by Gasteiger charge is 2.27. The second-order valence-electron chi connectivity index (χ2n) is 7.49. The maximum atomic E-state index is 13.6. The molecule has 0 aliphatic carbocycles. The molecule has 3 aromatic rings. The fourth-order valence-corrected chi connectivity index (χ4v) is 6.25. The smallest absolute Gasteiger partial charge is 0.348 e. The minimum absolute atomic E-state index is 0.0536. The molecular formula is C24H26FN3O6S3. The van der Waals surface area contributed by atoms with Crippen molar-refractivity contribution in [3.63, 3.8) is 0 Å². The molecule has 0 aliphatic heterocycles. The number of rotatable bonds is 10. The second-order valence-corrected chi connectivity index (χ2v) is 10.5. The van der Waals surface area contributed by atoms with Gasteiger partial charge >= 0.3 is 11.9 Å². The van der Waals surface area contributed by atoms with Crippen molar-refractivity contribution in [2.75, 3.05) is 30.0 Å². The Balaban J connectivity index is 1.68. The van der Waals surface area contributed by atoms with E-state index in [0.717, 1.165) is 28.6 Å². The number of amides is 2. The summed E-state index contributed by atoms with van der Waals surface area (Å²) in [5.74, 6) is -2.64. The normalized spacial score (nSPS) is 11.5. The van der Waals surface area contributed by atoms with Gasteiger partial charge in [0.1, 0.15) is 15.7 Å². The summed E-state index contributed by atoms with van der Waals surface area (Å²) in [6.07, 6.45) is 0. The molecule has 9 nitrogen and oxygen atoms in total. The molecule has 1 N–H and O–H groups in total. The molecule has 0 saturated carbocycles. The van der Waals surface area contributed by atoms with E-state index in [1.165, 1.54) is 23.5 Å². The number of thiazole rings is 1. The van der Waals surface area contributed by atoms with Gasteiger partial charge in [-0.15, -0.1) is 23.1 Å². The van der Waals surface area contributed by atoms with E-state index < -0.39 is 23.8 Å². The zero-order chi connectivity index (χ0) is 27.1. The molecular weight excluding hydrogens is 541 g/mol. The Morgan fingerprint density at radius 1 is 1.05 bits per heavy atom. The van der Waals surface area contributed by atoms with Gasteiger partial charge in [-0.3, -0.25) is 9.59 Å². The number of benzene rings is 1. The van der Waals surface area contributed by atoms with Crippen molar-refractivity contribution in [1.82, 2.24) is 4.57 Å². The van der Waals surface area contributed by atoms with Crippen LogP contribution in [0.5, 0.6) is 0 Å². The number of anilines is 1. The zero-order valence-electron chi connectivity index (χ0n) is 20.7. The number of aromatic nitrogens is 1. The zero-order valence-corrected chi connectivity index (χ0v) is 23.2. The molecule has 2 aromatic heterocycles. The summed E-state index contributed by atoms with van der Waals surface area (Å²) in [6.45, 7) is 7.67. The van der Waals surface area contributed by atoms with E-state index in [9.17, 15) is 23.6 Å². The number of esters is 2. The number of hydrogen-bond donors (Lipinski definition) is 1. The minimum Gasteiger partial charge on any atom is -0.462 e. The third-order valence-electron chi connectivity index (χ3n) is 4.98. The summed E-state index contributed by atoms with van der Waals surface area (Å²) in [5.41, 5.74) is 1.26. The number of hydrogen-bond acceptors (Lipinski definition) is 9. The van der Waals surface area contributed by atoms with Crippen molar-refractivity contribution < 1.29 is 33.0 Å². The second kappa shape index (κ2) is 13.0. The maximum Gasteiger partial charge on any atom is 0.348 e. The first-order valence-electron chi connectivity index (χ1n) is 11.4. The lowest BCUT2D eigenvalue weighted by Crippen LogP contribution is -2.18. The first kappa shape index (κ1) is 28.5. The topological polar surface area (TPSA) is 116 Å². The van der Waals surface area contributed by atoms with E-state index in [1.807, 2.05) is 11.5 Å². The molecule has 3 rings (SSSR count). The molecule has 0 atom stereocenters. The van der Waals surface area contributed by atoms with E-state index in [2.05, 4.69) is 10.3 Å². The molecule has 0 radical (unpaired) electrons. The highest BCUT2D eigenvalue weighted by atomic mass is 32.2. The summed E-state index contributed by atoms with van der Waals surface area (Å²) < 4.78 is 26.2. The molecule has 0 saturated heterocycles. The Morgan fingerprint density at radius 2 is 1.76 bits per heavy atom. The van der Waals surface area contributed by atoms with Crippen molar-refractivity contribution in [3.05, 3.63) is 44.8 Å². The number of fused-ring (bicyclic) bond motifs is 1. The van der Waals surface area contributed by atoms with Gasteiger partial charge in [0.2, 0.25) is 5.91 Å². The van der Waals surface area contributed by atoms with Gasteiger partial charge in [0, 0.05) is 6.54 Å². The highest BCUT2D eigenvalue weighted by molar-refractivity contribution is 8.00. The third kappa shape index (κ3) is 6.84. The van der Waals surface area contributed by atoms with E-state index in [4.69, 9.17) is 9.47 Å². The molecule has 0 fully saturated rings. The first-order valence-corrected chi connectivity index (χ1v) is 14.2. The number of carbonyl (C=O) groups excluding carboxylic acids is 4. The quantitative estimate of drug-likeness (QED) is 0.361. The Labute approximate surface area is 224 Å². The molecule has 0 bridgehead atoms. The largest absolute Gasteiger partial charge is 0.462 e. The molecule has 198 valence electrons. The summed E-state index contributed by atoms with van der Waals surface area (Å²) in [5, 5.41) is 2.83. The molecule has 2 heterocycles. The van der Waals surface area contributed by atoms with Crippen LogP contribution in [-0.2, 0) is 25.6 Å². The van der Waals surface area contributed by atoms with Crippen LogP contribution in [0.1, 0.15) is 46.4 Å². The first-order chi connectivity index (χ1) is 17.7. The maximum absolute atomic E-state index is 13.6. The Bertz CT molecular complexity index is 1410. The number of thioether (sulfide) groups is 1. The number of aryl methyl sites for hydroxylation is 1. The number of nitrogens with one attached hydrogen (secondary N) is 1. The summed E-state index contributed by atoms with van der Waals surface area (Å²) >= 11 is 3.21. The van der Waals surface area contributed by atoms with E-state index in [1.54, 1.807) is 26.8 Å². The minimum atomic E-state index is -0.656. The van der Waals surface area contributed by atoms with Gasteiger partial charge in [-0.1, -0.05) is 11.3 Å². The van der Waals surface area contributed by atoms with Crippen LogP contribution < -0.4 is 10.1 Å². The van der Waals surface area contributed by atoms with Gasteiger partial charge in [0.05, 0.1) is 40.5 Å². The van der Waals surface area contributed by atoms with E-state index in [0.29, 0.717) is 21.6 Å². The number of thiophene rings is 1. The van der Waals surface area contributed by atoms with Gasteiger partial charge in [0.15, 0.2) is 4.80 Å². The monoisotopic (exact) mass is 567 g/mol. The van der Waals surface area contributed by atoms with Crippen LogP contribution in [0, 0.1) is 12.7 Å². The number of carbonyl (C=O) groups is 4. The van der Waals surface area contributed by atoms with Crippen LogP contribution in [0.4, 0.5) is 9.39 Å². The molecule has 0 unspecified atom stereocenters. The Morgan fingerprint density at radius 3 is 2.43 bits per heavy atom. The van der Waals surface area contributed by atoms with E-state index >= 15 is 0 Å². The van der Waals surface area contributed by atoms with Gasteiger partial charge in [-0.05, 0) is 51.5 Å². The number of halogens is 1. The van der Waals surface area contributed by atoms with Crippen LogP contribution in [0.25, 0.3) is 10.2 Å². The molecule has 1 aromatic carbocycles. The van der Waals surface area contributed by atoms with Crippen molar-refractivity contribution in [3.8, 4) is 0 Å². The molecule has 13 heteroatoms. The summed E-state index contributed by atoms with van der Waals surface area (Å²) in [7, 11) is 0. The molecule has 2 amide bonds. The molecule has 0 spiro atoms. The summed E-state index contributed by atoms with van der Waals surface area (Å²) in [6, 6.07) is 4.41. The standard InChI is InChI=1S/C24H26FN3O6S3/c1-5-28-15-9-8-14(25)10-16(15)36-24(28)27-18(30)12-35-11-17(29)26-21-19(22(31)33-6-2)13(4)20(37-21)23(32)34-7-3/h8-10H,5-7,11-12H2,1-4H3,(H,26,29). The fraction of sp³-hybridized carbons (Fsp3) is 0.375. The van der Waals surface area contributed by atoms with Crippen LogP contribution in [0.3, 0.4) is 0 Å². The molecule has 0 aliphatic rings. The average molecular weight is 568 g/mol. The van der Waals surface area contributed by atoms with Gasteiger partial charge in [-0.2, -0.15) is 4.99 Å². The average Bonchev–Trinajstić information content (AvgIpc) is 3.34. The lowest BCUT2D eigenvalue weighted by molar-refractivity contribution is -0.115. The lowest BCUT2D eigenvalue weighted by atomic mass is 10.1. The Hall–Kier alpha value is -3.03. The van der Waals surface area contributed by atoms with Crippen LogP contribution in [0.15, 0.2) is 23.2 Å². The highest BCUT2D eigenvalue weighted by Crippen LogP contribution is 2.34. The summed E-state index contributed by atoms with van der Waals surface area (Å²) in [4.78, 5) is 54.6. The van der Waals surface area contributed by atoms with Crippen molar-refractivity contribution in [2.45, 2.75) is 34.2 Å². The van der Waals surface area contributed by atoms with Gasteiger partial charge in [0.25, 0.3) is 5.91 Å². The lowest BCUT2D eigenvalue weighted by Gasteiger charge is -2.07. The van der Waals surface area contributed by atoms with Gasteiger partial charge < -0.3 is 19.4 Å². The molecule has 37 heavy (non-hydrogen) atoms. The van der Waals surface area contributed by atoms with Crippen molar-refractivity contribution >= 4 is 73.4 Å². The Kier molecular flexibility index (Phi) is 10.0. The fourth-order valence-electron chi connectivity index (χ4n) is 3.41. The van der Waals surface area contributed by atoms with Gasteiger partial charge in [-0.25, -0.2) is 14.0 Å². The van der Waals surface area contributed by atoms with Crippen molar-refractivity contribution in [2.24, 2.45) is 4.99 Å². The van der Waals surface area contributed by atoms with Crippen LogP contribution >= 0.6 is 34.4 Å². The van der Waals surface area contributed by atoms with Crippen LogP contribution in [-0.4, -0.2) is 53.0 Å². The van der Waals surface area contributed by atoms with E-state index in [-0.39, 0.29) is 46.0 Å². The number of nitrogens with zero attached hydrogens (tertiary/aromatic N) is 2. The third-order valence-corrected chi connectivity index (χ3v) is 8.13. The number of ether oxygens (including phenoxy) is 2. The van der Waals surface area contributed by atoms with Crippen molar-refractivity contribution in [1.29, 1.82) is 0 Å². The van der Waals surface area contributed by atoms with Crippen LogP contribution in [0.2, 0.25) is 0 Å².